The lowest BCUT2D eigenvalue weighted by molar-refractivity contribution is -0.120. The van der Waals surface area contributed by atoms with Crippen LogP contribution >= 0.6 is 34.9 Å². The molecule has 100 valence electrons. The lowest BCUT2D eigenvalue weighted by Gasteiger charge is -2.19. The third-order valence-electron chi connectivity index (χ3n) is 2.86. The number of nitrogens with zero attached hydrogens (tertiary/aromatic N) is 1. The van der Waals surface area contributed by atoms with E-state index in [0.29, 0.717) is 6.54 Å². The van der Waals surface area contributed by atoms with Crippen LogP contribution in [0.15, 0.2) is 24.3 Å². The minimum atomic E-state index is 0.105. The van der Waals surface area contributed by atoms with Crippen LogP contribution in [0.2, 0.25) is 0 Å². The second-order valence-electron chi connectivity index (χ2n) is 4.23. The van der Waals surface area contributed by atoms with Gasteiger partial charge in [-0.25, -0.2) is 4.98 Å². The Balaban J connectivity index is 1.60. The summed E-state index contributed by atoms with van der Waals surface area (Å²) in [5, 5.41) is 4.08. The molecule has 0 aliphatic carbocycles. The highest BCUT2D eigenvalue weighted by Gasteiger charge is 2.21. The molecular formula is C13H14N2OS3. The average Bonchev–Trinajstić information content (AvgIpc) is 2.88. The number of hydrogen-bond acceptors (Lipinski definition) is 5. The molecule has 1 aromatic carbocycles. The Hall–Kier alpha value is -0.720. The molecule has 3 nitrogen and oxygen atoms in total. The van der Waals surface area contributed by atoms with Gasteiger partial charge in [-0.15, -0.1) is 23.1 Å². The summed E-state index contributed by atoms with van der Waals surface area (Å²) in [4.78, 5) is 16.5. The van der Waals surface area contributed by atoms with Gasteiger partial charge in [0.05, 0.1) is 22.0 Å². The number of carbonyl (C=O) groups excluding carboxylic acids is 1. The van der Waals surface area contributed by atoms with Crippen molar-refractivity contribution in [3.05, 3.63) is 29.3 Å². The summed E-state index contributed by atoms with van der Waals surface area (Å²) >= 11 is 5.27. The van der Waals surface area contributed by atoms with Gasteiger partial charge in [0.1, 0.15) is 5.01 Å². The van der Waals surface area contributed by atoms with Crippen LogP contribution in [0.3, 0.4) is 0 Å². The maximum Gasteiger partial charge on any atom is 0.234 e. The number of para-hydroxylation sites is 1. The predicted octanol–water partition coefficient (Wildman–Crippen LogP) is 2.76. The summed E-state index contributed by atoms with van der Waals surface area (Å²) in [6, 6.07) is 8.07. The van der Waals surface area contributed by atoms with Crippen LogP contribution in [0.1, 0.15) is 5.01 Å². The number of amides is 1. The van der Waals surface area contributed by atoms with Crippen LogP contribution in [0.4, 0.5) is 0 Å². The van der Waals surface area contributed by atoms with Gasteiger partial charge in [0.2, 0.25) is 5.91 Å². The first kappa shape index (κ1) is 13.3. The lowest BCUT2D eigenvalue weighted by atomic mass is 10.3. The molecule has 1 aromatic heterocycles. The molecule has 0 bridgehead atoms. The minimum Gasteiger partial charge on any atom is -0.349 e. The third-order valence-corrected chi connectivity index (χ3v) is 6.65. The predicted molar refractivity (Wildman–Crippen MR) is 85.0 cm³/mol. The van der Waals surface area contributed by atoms with Gasteiger partial charge >= 0.3 is 0 Å². The van der Waals surface area contributed by atoms with Gasteiger partial charge in [0.25, 0.3) is 0 Å². The standard InChI is InChI=1S/C13H14N2OS3/c16-13(11-8-17-5-6-18-11)14-7-12-15-9-3-1-2-4-10(9)19-12/h1-4,11H,5-8H2,(H,14,16). The van der Waals surface area contributed by atoms with Crippen molar-refractivity contribution in [1.29, 1.82) is 0 Å². The van der Waals surface area contributed by atoms with E-state index in [9.17, 15) is 4.79 Å². The van der Waals surface area contributed by atoms with E-state index >= 15 is 0 Å². The Labute approximate surface area is 124 Å². The number of thiazole rings is 1. The van der Waals surface area contributed by atoms with Crippen molar-refractivity contribution in [3.63, 3.8) is 0 Å². The topological polar surface area (TPSA) is 42.0 Å². The molecule has 0 saturated carbocycles. The number of rotatable bonds is 3. The molecule has 2 heterocycles. The van der Waals surface area contributed by atoms with Gasteiger partial charge in [0.15, 0.2) is 0 Å². The van der Waals surface area contributed by atoms with Crippen LogP contribution in [0.25, 0.3) is 10.2 Å². The fraction of sp³-hybridized carbons (Fsp3) is 0.385. The molecule has 0 radical (unpaired) electrons. The van der Waals surface area contributed by atoms with E-state index in [1.54, 1.807) is 23.1 Å². The van der Waals surface area contributed by atoms with Crippen LogP contribution in [0, 0.1) is 0 Å². The van der Waals surface area contributed by atoms with Crippen molar-refractivity contribution in [2.75, 3.05) is 17.3 Å². The second kappa shape index (κ2) is 6.15. The lowest BCUT2D eigenvalue weighted by Crippen LogP contribution is -2.35. The molecule has 19 heavy (non-hydrogen) atoms. The van der Waals surface area contributed by atoms with Crippen molar-refractivity contribution in [2.24, 2.45) is 0 Å². The molecule has 3 rings (SSSR count). The Morgan fingerprint density at radius 2 is 2.26 bits per heavy atom. The SMILES string of the molecule is O=C(NCc1nc2ccccc2s1)C1CSCCS1. The number of fused-ring (bicyclic) bond motifs is 1. The van der Waals surface area contributed by atoms with Crippen molar-refractivity contribution >= 4 is 51.0 Å². The zero-order valence-electron chi connectivity index (χ0n) is 10.3. The van der Waals surface area contributed by atoms with Crippen molar-refractivity contribution in [3.8, 4) is 0 Å². The summed E-state index contributed by atoms with van der Waals surface area (Å²) in [6.07, 6.45) is 0. The number of benzene rings is 1. The number of carbonyl (C=O) groups is 1. The minimum absolute atomic E-state index is 0.105. The first-order valence-electron chi connectivity index (χ1n) is 6.14. The van der Waals surface area contributed by atoms with Gasteiger partial charge in [-0.2, -0.15) is 11.8 Å². The number of aromatic nitrogens is 1. The summed E-state index contributed by atoms with van der Waals surface area (Å²) in [5.41, 5.74) is 1.01. The zero-order valence-corrected chi connectivity index (χ0v) is 12.7. The van der Waals surface area contributed by atoms with Gasteiger partial charge in [0, 0.05) is 17.3 Å². The summed E-state index contributed by atoms with van der Waals surface area (Å²) in [5.74, 6) is 3.31. The molecule has 0 spiro atoms. The van der Waals surface area contributed by atoms with E-state index < -0.39 is 0 Å². The summed E-state index contributed by atoms with van der Waals surface area (Å²) in [7, 11) is 0. The zero-order chi connectivity index (χ0) is 13.1. The molecule has 1 fully saturated rings. The summed E-state index contributed by atoms with van der Waals surface area (Å²) < 4.78 is 1.18. The molecule has 1 atom stereocenters. The van der Waals surface area contributed by atoms with Crippen LogP contribution in [-0.2, 0) is 11.3 Å². The molecular weight excluding hydrogens is 296 g/mol. The van der Waals surface area contributed by atoms with Gasteiger partial charge in [-0.1, -0.05) is 12.1 Å². The van der Waals surface area contributed by atoms with E-state index in [1.807, 2.05) is 30.0 Å². The van der Waals surface area contributed by atoms with Crippen LogP contribution in [-0.4, -0.2) is 33.4 Å². The van der Waals surface area contributed by atoms with E-state index in [0.717, 1.165) is 27.8 Å². The van der Waals surface area contributed by atoms with E-state index in [1.165, 1.54) is 4.70 Å². The van der Waals surface area contributed by atoms with Crippen molar-refractivity contribution in [2.45, 2.75) is 11.8 Å². The molecule has 2 aromatic rings. The third kappa shape index (κ3) is 3.24. The Bertz CT molecular complexity index is 545. The average molecular weight is 310 g/mol. The highest BCUT2D eigenvalue weighted by atomic mass is 32.2. The molecule has 1 amide bonds. The highest BCUT2D eigenvalue weighted by Crippen LogP contribution is 2.25. The van der Waals surface area contributed by atoms with Gasteiger partial charge < -0.3 is 5.32 Å². The Morgan fingerprint density at radius 1 is 1.37 bits per heavy atom. The fourth-order valence-corrected chi connectivity index (χ4v) is 5.40. The monoisotopic (exact) mass is 310 g/mol. The number of hydrogen-bond donors (Lipinski definition) is 1. The second-order valence-corrected chi connectivity index (χ2v) is 7.80. The molecule has 1 saturated heterocycles. The number of nitrogens with one attached hydrogen (secondary N) is 1. The van der Waals surface area contributed by atoms with E-state index in [2.05, 4.69) is 16.4 Å². The first-order chi connectivity index (χ1) is 9.33. The van der Waals surface area contributed by atoms with E-state index in [-0.39, 0.29) is 11.2 Å². The quantitative estimate of drug-likeness (QED) is 0.946. The summed E-state index contributed by atoms with van der Waals surface area (Å²) in [6.45, 7) is 0.542. The van der Waals surface area contributed by atoms with Gasteiger partial charge in [-0.3, -0.25) is 4.79 Å². The smallest absolute Gasteiger partial charge is 0.234 e. The maximum atomic E-state index is 12.0. The fourth-order valence-electron chi connectivity index (χ4n) is 1.91. The Kier molecular flexibility index (Phi) is 4.30. The number of thioether (sulfide) groups is 2. The maximum absolute atomic E-state index is 12.0. The molecule has 1 unspecified atom stereocenters. The van der Waals surface area contributed by atoms with Crippen LogP contribution in [0.5, 0.6) is 0 Å². The largest absolute Gasteiger partial charge is 0.349 e. The van der Waals surface area contributed by atoms with Crippen molar-refractivity contribution in [1.82, 2.24) is 10.3 Å². The van der Waals surface area contributed by atoms with E-state index in [4.69, 9.17) is 0 Å². The molecule has 1 aliphatic rings. The Morgan fingerprint density at radius 3 is 3.05 bits per heavy atom. The molecule has 1 N–H and O–H groups in total. The first-order valence-corrected chi connectivity index (χ1v) is 9.16. The van der Waals surface area contributed by atoms with Gasteiger partial charge in [-0.05, 0) is 12.1 Å². The molecule has 6 heteroatoms. The van der Waals surface area contributed by atoms with Crippen LogP contribution < -0.4 is 5.32 Å². The normalized spacial score (nSPS) is 19.5. The van der Waals surface area contributed by atoms with Crippen molar-refractivity contribution < 1.29 is 4.79 Å². The highest BCUT2D eigenvalue weighted by molar-refractivity contribution is 8.07. The molecule has 1 aliphatic heterocycles.